The lowest BCUT2D eigenvalue weighted by molar-refractivity contribution is 0.205. The molecular weight excluding hydrogens is 386 g/mol. The Morgan fingerprint density at radius 3 is 2.40 bits per heavy atom. The Balaban J connectivity index is 1.29. The van der Waals surface area contributed by atoms with Gasteiger partial charge < -0.3 is 10.2 Å². The number of anilines is 3. The van der Waals surface area contributed by atoms with Gasteiger partial charge in [-0.15, -0.1) is 5.10 Å². The van der Waals surface area contributed by atoms with Crippen molar-refractivity contribution in [3.8, 4) is 5.69 Å². The summed E-state index contributed by atoms with van der Waals surface area (Å²) < 4.78 is 28.3. The smallest absolute Gasteiger partial charge is 0.246 e. The van der Waals surface area contributed by atoms with Gasteiger partial charge in [0.25, 0.3) is 0 Å². The fraction of sp³-hybridized carbons (Fsp3) is 0.364. The number of likely N-dealkylation sites (tertiary alicyclic amines) is 1. The number of hydrogen-bond donors (Lipinski definition) is 1. The number of nitrogens with one attached hydrogen (secondary N) is 1. The molecule has 2 aliphatic heterocycles. The van der Waals surface area contributed by atoms with Gasteiger partial charge in [-0.25, -0.2) is 13.5 Å². The van der Waals surface area contributed by atoms with E-state index in [-0.39, 0.29) is 5.69 Å². The van der Waals surface area contributed by atoms with Crippen molar-refractivity contribution in [1.82, 2.24) is 19.7 Å². The van der Waals surface area contributed by atoms with Crippen LogP contribution in [0.2, 0.25) is 0 Å². The molecule has 0 radical (unpaired) electrons. The van der Waals surface area contributed by atoms with Crippen molar-refractivity contribution >= 4 is 17.3 Å². The molecule has 1 aromatic heterocycles. The zero-order valence-corrected chi connectivity index (χ0v) is 16.9. The number of aryl methyl sites for hydroxylation is 1. The minimum absolute atomic E-state index is 0.284. The fourth-order valence-electron chi connectivity index (χ4n) is 4.27. The van der Waals surface area contributed by atoms with E-state index in [0.29, 0.717) is 12.0 Å². The van der Waals surface area contributed by atoms with E-state index in [1.165, 1.54) is 54.8 Å². The highest BCUT2D eigenvalue weighted by Gasteiger charge is 2.33. The first kappa shape index (κ1) is 19.0. The van der Waals surface area contributed by atoms with E-state index >= 15 is 0 Å². The van der Waals surface area contributed by atoms with Crippen molar-refractivity contribution in [1.29, 1.82) is 0 Å². The number of nitrogens with zero attached hydrogens (tertiary/aromatic N) is 5. The van der Waals surface area contributed by atoms with Crippen LogP contribution in [0.4, 0.5) is 26.1 Å². The summed E-state index contributed by atoms with van der Waals surface area (Å²) in [4.78, 5) is 9.21. The maximum atomic E-state index is 13.5. The minimum atomic E-state index is -0.653. The first-order valence-electron chi connectivity index (χ1n) is 10.3. The molecule has 2 fully saturated rings. The van der Waals surface area contributed by atoms with Gasteiger partial charge in [-0.2, -0.15) is 4.98 Å². The zero-order chi connectivity index (χ0) is 20.7. The van der Waals surface area contributed by atoms with Crippen LogP contribution in [0, 0.1) is 18.6 Å². The molecule has 2 aliphatic rings. The summed E-state index contributed by atoms with van der Waals surface area (Å²) in [5, 5.41) is 7.51. The van der Waals surface area contributed by atoms with Crippen molar-refractivity contribution in [3.05, 3.63) is 59.9 Å². The molecule has 2 saturated heterocycles. The number of halogens is 2. The number of benzene rings is 2. The Labute approximate surface area is 174 Å². The average Bonchev–Trinajstić information content (AvgIpc) is 3.31. The Morgan fingerprint density at radius 2 is 1.67 bits per heavy atom. The lowest BCUT2D eigenvalue weighted by atomic mass is 10.0. The second kappa shape index (κ2) is 7.68. The summed E-state index contributed by atoms with van der Waals surface area (Å²) in [5.74, 6) is -0.935. The molecule has 2 aromatic carbocycles. The molecule has 0 spiro atoms. The van der Waals surface area contributed by atoms with Crippen LogP contribution >= 0.6 is 0 Å². The van der Waals surface area contributed by atoms with E-state index in [0.717, 1.165) is 30.4 Å². The Morgan fingerprint density at radius 1 is 0.933 bits per heavy atom. The lowest BCUT2D eigenvalue weighted by Crippen LogP contribution is -2.58. The largest absolute Gasteiger partial charge is 0.368 e. The van der Waals surface area contributed by atoms with Gasteiger partial charge in [-0.3, -0.25) is 4.90 Å². The first-order valence-corrected chi connectivity index (χ1v) is 10.3. The molecule has 30 heavy (non-hydrogen) atoms. The zero-order valence-electron chi connectivity index (χ0n) is 16.9. The van der Waals surface area contributed by atoms with Gasteiger partial charge in [0.15, 0.2) is 0 Å². The molecule has 0 saturated carbocycles. The second-order valence-electron chi connectivity index (χ2n) is 8.12. The summed E-state index contributed by atoms with van der Waals surface area (Å²) >= 11 is 0. The first-order chi connectivity index (χ1) is 14.5. The summed E-state index contributed by atoms with van der Waals surface area (Å²) in [7, 11) is 0. The Bertz CT molecular complexity index is 1030. The van der Waals surface area contributed by atoms with Crippen LogP contribution in [0.15, 0.2) is 42.7 Å². The molecule has 156 valence electrons. The molecule has 0 aliphatic carbocycles. The molecule has 6 nitrogen and oxygen atoms in total. The van der Waals surface area contributed by atoms with E-state index in [9.17, 15) is 8.78 Å². The van der Waals surface area contributed by atoms with Crippen LogP contribution in [0.25, 0.3) is 5.69 Å². The van der Waals surface area contributed by atoms with Gasteiger partial charge in [0, 0.05) is 36.6 Å². The van der Waals surface area contributed by atoms with E-state index in [1.807, 2.05) is 6.07 Å². The van der Waals surface area contributed by atoms with Crippen molar-refractivity contribution < 1.29 is 8.78 Å². The molecule has 3 aromatic rings. The average molecular weight is 410 g/mol. The topological polar surface area (TPSA) is 49.2 Å². The Kier molecular flexibility index (Phi) is 4.86. The molecule has 0 unspecified atom stereocenters. The molecule has 3 heterocycles. The predicted octanol–water partition coefficient (Wildman–Crippen LogP) is 3.88. The predicted molar refractivity (Wildman–Crippen MR) is 113 cm³/mol. The van der Waals surface area contributed by atoms with Crippen molar-refractivity contribution in [3.63, 3.8) is 0 Å². The standard InChI is InChI=1S/C22H24F2N6/c1-15-6-18(11-19(7-15)29-12-21(13-29)28-4-2-3-5-28)26-22-25-14-30(27-22)20-9-16(23)8-17(24)10-20/h6-11,14,21H,2-5,12-13H2,1H3,(H,26,27). The van der Waals surface area contributed by atoms with Crippen LogP contribution in [0.1, 0.15) is 18.4 Å². The van der Waals surface area contributed by atoms with Crippen molar-refractivity contribution in [2.24, 2.45) is 0 Å². The van der Waals surface area contributed by atoms with Crippen molar-refractivity contribution in [2.75, 3.05) is 36.4 Å². The van der Waals surface area contributed by atoms with Crippen LogP contribution in [-0.2, 0) is 0 Å². The lowest BCUT2D eigenvalue weighted by Gasteiger charge is -2.45. The highest BCUT2D eigenvalue weighted by atomic mass is 19.1. The molecule has 0 bridgehead atoms. The minimum Gasteiger partial charge on any atom is -0.368 e. The van der Waals surface area contributed by atoms with E-state index in [2.05, 4.69) is 44.3 Å². The monoisotopic (exact) mass is 410 g/mol. The van der Waals surface area contributed by atoms with Gasteiger partial charge in [0.05, 0.1) is 5.69 Å². The van der Waals surface area contributed by atoms with Gasteiger partial charge in [0.2, 0.25) is 5.95 Å². The molecule has 0 amide bonds. The highest BCUT2D eigenvalue weighted by Crippen LogP contribution is 2.30. The second-order valence-corrected chi connectivity index (χ2v) is 8.12. The van der Waals surface area contributed by atoms with Crippen molar-refractivity contribution in [2.45, 2.75) is 25.8 Å². The number of aromatic nitrogens is 3. The number of hydrogen-bond acceptors (Lipinski definition) is 5. The highest BCUT2D eigenvalue weighted by molar-refractivity contribution is 5.65. The summed E-state index contributed by atoms with van der Waals surface area (Å²) in [6.07, 6.45) is 4.07. The SMILES string of the molecule is Cc1cc(Nc2ncn(-c3cc(F)cc(F)c3)n2)cc(N2CC(N3CCCC3)C2)c1. The summed E-state index contributed by atoms with van der Waals surface area (Å²) in [5.41, 5.74) is 3.50. The molecular formula is C22H24F2N6. The van der Waals surface area contributed by atoms with E-state index in [4.69, 9.17) is 0 Å². The van der Waals surface area contributed by atoms with E-state index in [1.54, 1.807) is 0 Å². The molecule has 1 N–H and O–H groups in total. The third-order valence-electron chi connectivity index (χ3n) is 5.81. The van der Waals surface area contributed by atoms with Crippen LogP contribution in [-0.4, -0.2) is 51.9 Å². The van der Waals surface area contributed by atoms with Gasteiger partial charge in [-0.05, 0) is 68.8 Å². The normalized spacial score (nSPS) is 17.4. The van der Waals surface area contributed by atoms with Crippen LogP contribution < -0.4 is 10.2 Å². The third-order valence-corrected chi connectivity index (χ3v) is 5.81. The van der Waals surface area contributed by atoms with Gasteiger partial charge in [0.1, 0.15) is 18.0 Å². The quantitative estimate of drug-likeness (QED) is 0.692. The summed E-state index contributed by atoms with van der Waals surface area (Å²) in [6.45, 7) is 6.63. The molecule has 0 atom stereocenters. The van der Waals surface area contributed by atoms with Gasteiger partial charge >= 0.3 is 0 Å². The third kappa shape index (κ3) is 3.87. The van der Waals surface area contributed by atoms with E-state index < -0.39 is 11.6 Å². The maximum Gasteiger partial charge on any atom is 0.246 e. The summed E-state index contributed by atoms with van der Waals surface area (Å²) in [6, 6.07) is 10.2. The molecule has 8 heteroatoms. The molecule has 5 rings (SSSR count). The number of rotatable bonds is 5. The maximum absolute atomic E-state index is 13.5. The van der Waals surface area contributed by atoms with Crippen LogP contribution in [0.3, 0.4) is 0 Å². The fourth-order valence-corrected chi connectivity index (χ4v) is 4.27. The van der Waals surface area contributed by atoms with Crippen LogP contribution in [0.5, 0.6) is 0 Å². The van der Waals surface area contributed by atoms with Gasteiger partial charge in [-0.1, -0.05) is 0 Å². The Hall–Kier alpha value is -3.00.